The van der Waals surface area contributed by atoms with Gasteiger partial charge in [0.1, 0.15) is 0 Å². The standard InChI is InChI=1S/C7H8O.C3H6O3/c8-6-7-4-2-1-3-5-7;1-2-4-6-5-3-1/h1-5,8H,6H2;1-3H2. The Kier molecular flexibility index (Phi) is 5.94. The number of rotatable bonds is 1. The molecule has 2 rings (SSSR count). The second-order valence-electron chi connectivity index (χ2n) is 2.71. The lowest BCUT2D eigenvalue weighted by Crippen LogP contribution is -2.08. The number of aliphatic hydroxyl groups is 1. The second-order valence-corrected chi connectivity index (χ2v) is 2.71. The molecule has 1 fully saturated rings. The Morgan fingerprint density at radius 3 is 2.00 bits per heavy atom. The highest BCUT2D eigenvalue weighted by Gasteiger charge is 1.96. The van der Waals surface area contributed by atoms with Crippen molar-refractivity contribution in [3.8, 4) is 0 Å². The minimum atomic E-state index is 0.140. The molecule has 1 aromatic rings. The van der Waals surface area contributed by atoms with Gasteiger partial charge in [0, 0.05) is 6.42 Å². The first-order chi connectivity index (χ1) is 6.93. The van der Waals surface area contributed by atoms with Crippen molar-refractivity contribution in [2.75, 3.05) is 13.2 Å². The van der Waals surface area contributed by atoms with Crippen LogP contribution in [0.3, 0.4) is 0 Å². The Hall–Kier alpha value is -0.940. The average Bonchev–Trinajstić information content (AvgIpc) is 2.33. The highest BCUT2D eigenvalue weighted by atomic mass is 17.5. The SMILES string of the molecule is C1COOOC1.OCc1ccccc1. The van der Waals surface area contributed by atoms with E-state index < -0.39 is 0 Å². The molecule has 0 radical (unpaired) electrons. The fourth-order valence-electron chi connectivity index (χ4n) is 0.862. The van der Waals surface area contributed by atoms with Crippen LogP contribution in [0, 0.1) is 0 Å². The molecule has 0 atom stereocenters. The normalized spacial score (nSPS) is 15.5. The fourth-order valence-corrected chi connectivity index (χ4v) is 0.862. The predicted octanol–water partition coefficient (Wildman–Crippen LogP) is 1.45. The number of hydrogen-bond acceptors (Lipinski definition) is 4. The number of hydrogen-bond donors (Lipinski definition) is 1. The Bertz CT molecular complexity index is 209. The van der Waals surface area contributed by atoms with Crippen molar-refractivity contribution >= 4 is 0 Å². The molecule has 0 saturated carbocycles. The third kappa shape index (κ3) is 4.94. The lowest BCUT2D eigenvalue weighted by atomic mass is 10.2. The van der Waals surface area contributed by atoms with E-state index in [0.717, 1.165) is 12.0 Å². The first-order valence-corrected chi connectivity index (χ1v) is 4.49. The quantitative estimate of drug-likeness (QED) is 0.694. The molecule has 0 spiro atoms. The van der Waals surface area contributed by atoms with E-state index in [1.807, 2.05) is 30.3 Å². The third-order valence-corrected chi connectivity index (χ3v) is 1.58. The van der Waals surface area contributed by atoms with Gasteiger partial charge in [-0.25, -0.2) is 9.78 Å². The van der Waals surface area contributed by atoms with Gasteiger partial charge in [-0.2, -0.15) is 0 Å². The largest absolute Gasteiger partial charge is 0.392 e. The fraction of sp³-hybridized carbons (Fsp3) is 0.400. The first kappa shape index (κ1) is 11.1. The van der Waals surface area contributed by atoms with Gasteiger partial charge in [-0.3, -0.25) is 0 Å². The Morgan fingerprint density at radius 2 is 1.71 bits per heavy atom. The van der Waals surface area contributed by atoms with Crippen LogP contribution in [0.15, 0.2) is 30.3 Å². The van der Waals surface area contributed by atoms with E-state index >= 15 is 0 Å². The number of aliphatic hydroxyl groups excluding tert-OH is 1. The molecule has 1 N–H and O–H groups in total. The molecule has 14 heavy (non-hydrogen) atoms. The lowest BCUT2D eigenvalue weighted by Gasteiger charge is -2.06. The van der Waals surface area contributed by atoms with Gasteiger partial charge in [0.25, 0.3) is 0 Å². The Balaban J connectivity index is 0.000000146. The van der Waals surface area contributed by atoms with Crippen molar-refractivity contribution in [1.82, 2.24) is 0 Å². The van der Waals surface area contributed by atoms with Gasteiger partial charge in [0.15, 0.2) is 0 Å². The zero-order chi connectivity index (χ0) is 10.1. The highest BCUT2D eigenvalue weighted by molar-refractivity contribution is 5.12. The molecule has 0 amide bonds. The van der Waals surface area contributed by atoms with Gasteiger partial charge in [-0.05, 0) is 5.56 Å². The molecule has 1 aliphatic heterocycles. The summed E-state index contributed by atoms with van der Waals surface area (Å²) < 4.78 is 0. The van der Waals surface area contributed by atoms with E-state index in [2.05, 4.69) is 14.8 Å². The Labute approximate surface area is 82.9 Å². The van der Waals surface area contributed by atoms with E-state index in [-0.39, 0.29) is 6.61 Å². The molecule has 4 nitrogen and oxygen atoms in total. The summed E-state index contributed by atoms with van der Waals surface area (Å²) in [7, 11) is 0. The van der Waals surface area contributed by atoms with Crippen molar-refractivity contribution in [3.63, 3.8) is 0 Å². The molecular formula is C10H14O4. The van der Waals surface area contributed by atoms with Crippen molar-refractivity contribution < 1.29 is 19.9 Å². The van der Waals surface area contributed by atoms with Gasteiger partial charge in [0.2, 0.25) is 0 Å². The van der Waals surface area contributed by atoms with E-state index in [4.69, 9.17) is 5.11 Å². The van der Waals surface area contributed by atoms with Crippen molar-refractivity contribution in [2.24, 2.45) is 0 Å². The average molecular weight is 198 g/mol. The highest BCUT2D eigenvalue weighted by Crippen LogP contribution is 1.95. The molecule has 0 bridgehead atoms. The van der Waals surface area contributed by atoms with E-state index in [0.29, 0.717) is 13.2 Å². The van der Waals surface area contributed by atoms with Crippen LogP contribution in [0.2, 0.25) is 0 Å². The van der Waals surface area contributed by atoms with Crippen molar-refractivity contribution in [3.05, 3.63) is 35.9 Å². The predicted molar refractivity (Wildman–Crippen MR) is 50.0 cm³/mol. The second kappa shape index (κ2) is 7.46. The van der Waals surface area contributed by atoms with Crippen LogP contribution in [-0.2, 0) is 21.4 Å². The van der Waals surface area contributed by atoms with Gasteiger partial charge in [-0.1, -0.05) is 35.4 Å². The summed E-state index contributed by atoms with van der Waals surface area (Å²) >= 11 is 0. The molecular weight excluding hydrogens is 184 g/mol. The molecule has 1 heterocycles. The van der Waals surface area contributed by atoms with E-state index in [1.165, 1.54) is 0 Å². The zero-order valence-corrected chi connectivity index (χ0v) is 7.89. The summed E-state index contributed by atoms with van der Waals surface area (Å²) in [5, 5.41) is 12.6. The van der Waals surface area contributed by atoms with Crippen LogP contribution >= 0.6 is 0 Å². The first-order valence-electron chi connectivity index (χ1n) is 4.49. The van der Waals surface area contributed by atoms with Gasteiger partial charge in [0.05, 0.1) is 19.8 Å². The monoisotopic (exact) mass is 198 g/mol. The molecule has 78 valence electrons. The summed E-state index contributed by atoms with van der Waals surface area (Å²) in [5.74, 6) is 0. The molecule has 0 aliphatic carbocycles. The minimum Gasteiger partial charge on any atom is -0.392 e. The van der Waals surface area contributed by atoms with Crippen LogP contribution < -0.4 is 0 Å². The van der Waals surface area contributed by atoms with Crippen LogP contribution in [0.25, 0.3) is 0 Å². The molecule has 0 aromatic heterocycles. The van der Waals surface area contributed by atoms with Crippen LogP contribution in [-0.4, -0.2) is 18.3 Å². The topological polar surface area (TPSA) is 47.9 Å². The molecule has 1 saturated heterocycles. The molecule has 4 heteroatoms. The van der Waals surface area contributed by atoms with Gasteiger partial charge >= 0.3 is 0 Å². The van der Waals surface area contributed by atoms with Crippen LogP contribution in [0.5, 0.6) is 0 Å². The molecule has 1 aromatic carbocycles. The third-order valence-electron chi connectivity index (χ3n) is 1.58. The maximum atomic E-state index is 8.54. The maximum Gasteiger partial charge on any atom is 0.0877 e. The summed E-state index contributed by atoms with van der Waals surface area (Å²) in [4.78, 5) is 8.69. The van der Waals surface area contributed by atoms with Gasteiger partial charge < -0.3 is 5.11 Å². The lowest BCUT2D eigenvalue weighted by molar-refractivity contribution is -0.532. The summed E-state index contributed by atoms with van der Waals surface area (Å²) in [6.07, 6.45) is 0.931. The van der Waals surface area contributed by atoms with Crippen molar-refractivity contribution in [2.45, 2.75) is 13.0 Å². The van der Waals surface area contributed by atoms with E-state index in [9.17, 15) is 0 Å². The molecule has 0 unspecified atom stereocenters. The van der Waals surface area contributed by atoms with Crippen LogP contribution in [0.4, 0.5) is 0 Å². The summed E-state index contributed by atoms with van der Waals surface area (Å²) in [6, 6.07) is 9.52. The summed E-state index contributed by atoms with van der Waals surface area (Å²) in [5.41, 5.74) is 0.965. The van der Waals surface area contributed by atoms with Gasteiger partial charge in [-0.15, -0.1) is 0 Å². The van der Waals surface area contributed by atoms with Crippen molar-refractivity contribution in [1.29, 1.82) is 0 Å². The maximum absolute atomic E-state index is 8.54. The molecule has 1 aliphatic rings. The van der Waals surface area contributed by atoms with Crippen LogP contribution in [0.1, 0.15) is 12.0 Å². The van der Waals surface area contributed by atoms with E-state index in [1.54, 1.807) is 0 Å². The summed E-state index contributed by atoms with van der Waals surface area (Å²) in [6.45, 7) is 1.45. The minimum absolute atomic E-state index is 0.140. The number of benzene rings is 1. The Morgan fingerprint density at radius 1 is 1.07 bits per heavy atom. The smallest absolute Gasteiger partial charge is 0.0877 e. The zero-order valence-electron chi connectivity index (χ0n) is 7.89.